The highest BCUT2D eigenvalue weighted by Gasteiger charge is 2.35. The van der Waals surface area contributed by atoms with Crippen molar-refractivity contribution in [2.45, 2.75) is 12.2 Å². The zero-order valence-electron chi connectivity index (χ0n) is 12.6. The molecule has 0 bridgehead atoms. The first-order chi connectivity index (χ1) is 10.8. The maximum atomic E-state index is 12.8. The lowest BCUT2D eigenvalue weighted by molar-refractivity contribution is -0.141. The molecular formula is C13H16F3N7. The topological polar surface area (TPSA) is 84.9 Å². The summed E-state index contributed by atoms with van der Waals surface area (Å²) >= 11 is 0. The quantitative estimate of drug-likeness (QED) is 0.871. The van der Waals surface area contributed by atoms with Crippen LogP contribution in [0, 0.1) is 0 Å². The van der Waals surface area contributed by atoms with Crippen LogP contribution in [0.2, 0.25) is 0 Å². The van der Waals surface area contributed by atoms with E-state index in [2.05, 4.69) is 20.4 Å². The number of nitrogens with two attached hydrogens (primary N) is 1. The van der Waals surface area contributed by atoms with Crippen LogP contribution in [0.1, 0.15) is 5.69 Å². The first kappa shape index (κ1) is 15.5. The van der Waals surface area contributed by atoms with E-state index >= 15 is 0 Å². The summed E-state index contributed by atoms with van der Waals surface area (Å²) in [6, 6.07) is 2.94. The standard InChI is InChI=1S/C13H16F3N7/c1-18-7-5-23(6-7)11-3-8(19-12(17)20-11)9-4-10(13(14,15)16)21-22(9)2/h3-4,7,18H,5-6H2,1-2H3,(H2,17,19,20). The molecule has 3 N–H and O–H groups in total. The van der Waals surface area contributed by atoms with Crippen LogP contribution < -0.4 is 16.0 Å². The third-order valence-electron chi connectivity index (χ3n) is 3.78. The van der Waals surface area contributed by atoms with Gasteiger partial charge in [-0.1, -0.05) is 0 Å². The van der Waals surface area contributed by atoms with Crippen molar-refractivity contribution in [1.82, 2.24) is 25.1 Å². The van der Waals surface area contributed by atoms with E-state index < -0.39 is 11.9 Å². The fourth-order valence-electron chi connectivity index (χ4n) is 2.44. The summed E-state index contributed by atoms with van der Waals surface area (Å²) in [6.45, 7) is 1.51. The fourth-order valence-corrected chi connectivity index (χ4v) is 2.44. The molecule has 2 aromatic heterocycles. The Hall–Kier alpha value is -2.36. The monoisotopic (exact) mass is 327 g/mol. The highest BCUT2D eigenvalue weighted by atomic mass is 19.4. The number of rotatable bonds is 3. The molecule has 7 nitrogen and oxygen atoms in total. The Morgan fingerprint density at radius 2 is 1.96 bits per heavy atom. The van der Waals surface area contributed by atoms with Crippen LogP contribution >= 0.6 is 0 Å². The molecule has 124 valence electrons. The molecule has 3 rings (SSSR count). The molecule has 1 saturated heterocycles. The van der Waals surface area contributed by atoms with Crippen LogP contribution in [-0.2, 0) is 13.2 Å². The SMILES string of the molecule is CNC1CN(c2cc(-c3cc(C(F)(F)F)nn3C)nc(N)n2)C1. The van der Waals surface area contributed by atoms with Gasteiger partial charge in [0.05, 0.1) is 11.4 Å². The highest BCUT2D eigenvalue weighted by Crippen LogP contribution is 2.32. The third kappa shape index (κ3) is 2.93. The van der Waals surface area contributed by atoms with E-state index in [4.69, 9.17) is 5.73 Å². The summed E-state index contributed by atoms with van der Waals surface area (Å²) < 4.78 is 39.5. The van der Waals surface area contributed by atoms with E-state index in [1.54, 1.807) is 6.07 Å². The van der Waals surface area contributed by atoms with Gasteiger partial charge in [-0.2, -0.15) is 23.3 Å². The lowest BCUT2D eigenvalue weighted by Gasteiger charge is -2.40. The fraction of sp³-hybridized carbons (Fsp3) is 0.462. The lowest BCUT2D eigenvalue weighted by Crippen LogP contribution is -2.57. The number of nitrogens with zero attached hydrogens (tertiary/aromatic N) is 5. The maximum absolute atomic E-state index is 12.8. The number of hydrogen-bond donors (Lipinski definition) is 2. The van der Waals surface area contributed by atoms with Gasteiger partial charge in [-0.15, -0.1) is 0 Å². The van der Waals surface area contributed by atoms with Crippen molar-refractivity contribution >= 4 is 11.8 Å². The van der Waals surface area contributed by atoms with Crippen molar-refractivity contribution in [3.8, 4) is 11.4 Å². The predicted octanol–water partition coefficient (Wildman–Crippen LogP) is 0.886. The van der Waals surface area contributed by atoms with Crippen LogP contribution in [0.15, 0.2) is 12.1 Å². The number of hydrogen-bond acceptors (Lipinski definition) is 6. The van der Waals surface area contributed by atoms with Gasteiger partial charge in [0.2, 0.25) is 5.95 Å². The Morgan fingerprint density at radius 3 is 2.52 bits per heavy atom. The predicted molar refractivity (Wildman–Crippen MR) is 78.7 cm³/mol. The molecule has 0 amide bonds. The first-order valence-electron chi connectivity index (χ1n) is 6.96. The van der Waals surface area contributed by atoms with Crippen LogP contribution in [0.4, 0.5) is 24.9 Å². The van der Waals surface area contributed by atoms with Crippen LogP contribution in [0.5, 0.6) is 0 Å². The summed E-state index contributed by atoms with van der Waals surface area (Å²) in [5, 5.41) is 6.62. The summed E-state index contributed by atoms with van der Waals surface area (Å²) in [5.41, 5.74) is 5.29. The Labute approximate surface area is 130 Å². The zero-order valence-corrected chi connectivity index (χ0v) is 12.6. The minimum Gasteiger partial charge on any atom is -0.368 e. The minimum atomic E-state index is -4.51. The Morgan fingerprint density at radius 1 is 1.26 bits per heavy atom. The van der Waals surface area contributed by atoms with Gasteiger partial charge in [0.1, 0.15) is 5.82 Å². The number of likely N-dealkylation sites (N-methyl/N-ethyl adjacent to an activating group) is 1. The average molecular weight is 327 g/mol. The number of nitrogens with one attached hydrogen (secondary N) is 1. The molecular weight excluding hydrogens is 311 g/mol. The maximum Gasteiger partial charge on any atom is 0.435 e. The number of aromatic nitrogens is 4. The number of alkyl halides is 3. The van der Waals surface area contributed by atoms with E-state index in [9.17, 15) is 13.2 Å². The number of nitrogen functional groups attached to an aromatic ring is 1. The van der Waals surface area contributed by atoms with Crippen molar-refractivity contribution in [3.05, 3.63) is 17.8 Å². The van der Waals surface area contributed by atoms with Gasteiger partial charge >= 0.3 is 6.18 Å². The normalized spacial score (nSPS) is 15.8. The van der Waals surface area contributed by atoms with Crippen LogP contribution in [-0.4, -0.2) is 45.9 Å². The van der Waals surface area contributed by atoms with Crippen molar-refractivity contribution in [2.24, 2.45) is 7.05 Å². The Kier molecular flexibility index (Phi) is 3.63. The van der Waals surface area contributed by atoms with Gasteiger partial charge in [-0.3, -0.25) is 4.68 Å². The van der Waals surface area contributed by atoms with E-state index in [0.717, 1.165) is 23.8 Å². The summed E-state index contributed by atoms with van der Waals surface area (Å²) in [5.74, 6) is 0.605. The van der Waals surface area contributed by atoms with E-state index in [0.29, 0.717) is 17.6 Å². The lowest BCUT2D eigenvalue weighted by atomic mass is 10.1. The van der Waals surface area contributed by atoms with Gasteiger partial charge in [-0.25, -0.2) is 4.98 Å². The van der Waals surface area contributed by atoms with Crippen molar-refractivity contribution < 1.29 is 13.2 Å². The van der Waals surface area contributed by atoms with E-state index in [-0.39, 0.29) is 11.6 Å². The molecule has 1 aliphatic rings. The minimum absolute atomic E-state index is 0.0140. The molecule has 1 aliphatic heterocycles. The van der Waals surface area contributed by atoms with E-state index in [1.165, 1.54) is 7.05 Å². The first-order valence-corrected chi connectivity index (χ1v) is 6.96. The molecule has 1 fully saturated rings. The third-order valence-corrected chi connectivity index (χ3v) is 3.78. The Balaban J connectivity index is 1.94. The van der Waals surface area contributed by atoms with Crippen molar-refractivity contribution in [1.29, 1.82) is 0 Å². The van der Waals surface area contributed by atoms with E-state index in [1.807, 2.05) is 11.9 Å². The summed E-state index contributed by atoms with van der Waals surface area (Å²) in [7, 11) is 3.30. The molecule has 0 aliphatic carbocycles. The number of halogens is 3. The molecule has 3 heterocycles. The molecule has 10 heteroatoms. The molecule has 0 atom stereocenters. The average Bonchev–Trinajstić information content (AvgIpc) is 2.79. The molecule has 0 saturated carbocycles. The molecule has 0 spiro atoms. The second-order valence-corrected chi connectivity index (χ2v) is 5.40. The smallest absolute Gasteiger partial charge is 0.368 e. The Bertz CT molecular complexity index is 719. The second-order valence-electron chi connectivity index (χ2n) is 5.40. The highest BCUT2D eigenvalue weighted by molar-refractivity contribution is 5.62. The molecule has 2 aromatic rings. The van der Waals surface area contributed by atoms with Crippen LogP contribution in [0.25, 0.3) is 11.4 Å². The molecule has 0 aromatic carbocycles. The zero-order chi connectivity index (χ0) is 16.8. The van der Waals surface area contributed by atoms with Gasteiger partial charge in [0.25, 0.3) is 0 Å². The molecule has 0 unspecified atom stereocenters. The number of anilines is 2. The van der Waals surface area contributed by atoms with Gasteiger partial charge in [0.15, 0.2) is 5.69 Å². The summed E-state index contributed by atoms with van der Waals surface area (Å²) in [4.78, 5) is 10.2. The van der Waals surface area contributed by atoms with Crippen LogP contribution in [0.3, 0.4) is 0 Å². The summed E-state index contributed by atoms with van der Waals surface area (Å²) in [6.07, 6.45) is -4.51. The molecule has 0 radical (unpaired) electrons. The van der Waals surface area contributed by atoms with Crippen molar-refractivity contribution in [2.75, 3.05) is 30.8 Å². The van der Waals surface area contributed by atoms with Crippen molar-refractivity contribution in [3.63, 3.8) is 0 Å². The largest absolute Gasteiger partial charge is 0.435 e. The van der Waals surface area contributed by atoms with Gasteiger partial charge < -0.3 is 16.0 Å². The molecule has 23 heavy (non-hydrogen) atoms. The second kappa shape index (κ2) is 5.37. The van der Waals surface area contributed by atoms with Gasteiger partial charge in [-0.05, 0) is 13.1 Å². The number of aryl methyl sites for hydroxylation is 1. The van der Waals surface area contributed by atoms with Gasteiger partial charge in [0, 0.05) is 32.2 Å².